The maximum Gasteiger partial charge on any atom is 0.272 e. The first-order valence-corrected chi connectivity index (χ1v) is 10.1. The van der Waals surface area contributed by atoms with Gasteiger partial charge >= 0.3 is 0 Å². The topological polar surface area (TPSA) is 96.0 Å². The quantitative estimate of drug-likeness (QED) is 0.310. The Kier molecular flexibility index (Phi) is 7.10. The molecule has 0 aliphatic rings. The average molecular weight is 427 g/mol. The SMILES string of the molecule is CCOc1ccc2c(c1)sc(=NC(=O)C=Cc1cccc([N+](=O)[O-])c1)n2CCOC. The second kappa shape index (κ2) is 9.95. The first-order valence-electron chi connectivity index (χ1n) is 9.28. The van der Waals surface area contributed by atoms with Gasteiger partial charge in [0.1, 0.15) is 5.75 Å². The molecule has 1 heterocycles. The predicted octanol–water partition coefficient (Wildman–Crippen LogP) is 3.80. The van der Waals surface area contributed by atoms with Crippen molar-refractivity contribution >= 4 is 39.2 Å². The maximum atomic E-state index is 12.4. The summed E-state index contributed by atoms with van der Waals surface area (Å²) in [7, 11) is 1.62. The highest BCUT2D eigenvalue weighted by Gasteiger charge is 2.09. The molecule has 1 amide bonds. The van der Waals surface area contributed by atoms with Crippen LogP contribution in [-0.2, 0) is 16.1 Å². The second-order valence-electron chi connectivity index (χ2n) is 6.23. The van der Waals surface area contributed by atoms with E-state index in [1.54, 1.807) is 19.2 Å². The molecule has 3 aromatic rings. The number of aromatic nitrogens is 1. The lowest BCUT2D eigenvalue weighted by Crippen LogP contribution is -2.18. The Morgan fingerprint density at radius 2 is 2.13 bits per heavy atom. The first kappa shape index (κ1) is 21.4. The van der Waals surface area contributed by atoms with Crippen molar-refractivity contribution in [2.45, 2.75) is 13.5 Å². The van der Waals surface area contributed by atoms with Crippen LogP contribution in [0.5, 0.6) is 5.75 Å². The van der Waals surface area contributed by atoms with E-state index in [4.69, 9.17) is 9.47 Å². The van der Waals surface area contributed by atoms with Crippen molar-refractivity contribution < 1.29 is 19.2 Å². The standard InChI is InChI=1S/C21H21N3O5S/c1-3-29-17-8-9-18-19(14-17)30-21(23(18)11-12-28-2)22-20(25)10-7-15-5-4-6-16(13-15)24(26)27/h4-10,13-14H,3,11-12H2,1-2H3. The van der Waals surface area contributed by atoms with Crippen LogP contribution in [0.1, 0.15) is 12.5 Å². The van der Waals surface area contributed by atoms with E-state index in [9.17, 15) is 14.9 Å². The Bertz CT molecular complexity index is 1160. The van der Waals surface area contributed by atoms with Crippen LogP contribution in [0.15, 0.2) is 53.5 Å². The molecular weight excluding hydrogens is 406 g/mol. The molecule has 8 nitrogen and oxygen atoms in total. The fourth-order valence-electron chi connectivity index (χ4n) is 2.84. The number of nitro benzene ring substituents is 1. The van der Waals surface area contributed by atoms with Crippen LogP contribution in [0.4, 0.5) is 5.69 Å². The predicted molar refractivity (Wildman–Crippen MR) is 116 cm³/mol. The maximum absolute atomic E-state index is 12.4. The van der Waals surface area contributed by atoms with E-state index in [-0.39, 0.29) is 5.69 Å². The highest BCUT2D eigenvalue weighted by molar-refractivity contribution is 7.16. The zero-order valence-electron chi connectivity index (χ0n) is 16.6. The van der Waals surface area contributed by atoms with Gasteiger partial charge in [-0.3, -0.25) is 14.9 Å². The Hall–Kier alpha value is -3.30. The molecule has 156 valence electrons. The van der Waals surface area contributed by atoms with Crippen molar-refractivity contribution in [3.8, 4) is 5.75 Å². The zero-order valence-corrected chi connectivity index (χ0v) is 17.4. The lowest BCUT2D eigenvalue weighted by atomic mass is 10.2. The van der Waals surface area contributed by atoms with Crippen LogP contribution in [0.2, 0.25) is 0 Å². The van der Waals surface area contributed by atoms with Crippen LogP contribution in [0, 0.1) is 10.1 Å². The Labute approximate surface area is 176 Å². The lowest BCUT2D eigenvalue weighted by Gasteiger charge is -2.05. The number of ether oxygens (including phenoxy) is 2. The summed E-state index contributed by atoms with van der Waals surface area (Å²) in [5.41, 5.74) is 1.46. The fourth-order valence-corrected chi connectivity index (χ4v) is 3.93. The minimum Gasteiger partial charge on any atom is -0.494 e. The minimum absolute atomic E-state index is 0.0337. The fraction of sp³-hybridized carbons (Fsp3) is 0.238. The van der Waals surface area contributed by atoms with Crippen molar-refractivity contribution in [2.75, 3.05) is 20.3 Å². The molecule has 30 heavy (non-hydrogen) atoms. The van der Waals surface area contributed by atoms with Crippen molar-refractivity contribution in [1.82, 2.24) is 4.57 Å². The monoisotopic (exact) mass is 427 g/mol. The number of benzene rings is 2. The molecule has 2 aromatic carbocycles. The molecule has 0 saturated heterocycles. The van der Waals surface area contributed by atoms with Gasteiger partial charge < -0.3 is 14.0 Å². The third-order valence-corrected chi connectivity index (χ3v) is 5.23. The van der Waals surface area contributed by atoms with Gasteiger partial charge in [-0.15, -0.1) is 0 Å². The number of carbonyl (C=O) groups is 1. The number of methoxy groups -OCH3 is 1. The van der Waals surface area contributed by atoms with Gasteiger partial charge in [-0.1, -0.05) is 23.5 Å². The Morgan fingerprint density at radius 1 is 1.30 bits per heavy atom. The molecule has 0 saturated carbocycles. The van der Waals surface area contributed by atoms with E-state index in [0.717, 1.165) is 16.0 Å². The van der Waals surface area contributed by atoms with Crippen LogP contribution < -0.4 is 9.54 Å². The molecule has 0 spiro atoms. The van der Waals surface area contributed by atoms with E-state index < -0.39 is 10.8 Å². The number of hydrogen-bond acceptors (Lipinski definition) is 6. The summed E-state index contributed by atoms with van der Waals surface area (Å²) in [5, 5.41) is 10.9. The Morgan fingerprint density at radius 3 is 2.87 bits per heavy atom. The molecule has 0 fully saturated rings. The van der Waals surface area contributed by atoms with Crippen LogP contribution in [-0.4, -0.2) is 35.7 Å². The highest BCUT2D eigenvalue weighted by atomic mass is 32.1. The van der Waals surface area contributed by atoms with E-state index in [1.165, 1.54) is 35.6 Å². The Balaban J connectivity index is 1.93. The molecule has 0 aliphatic carbocycles. The molecule has 0 radical (unpaired) electrons. The van der Waals surface area contributed by atoms with Gasteiger partial charge in [-0.25, -0.2) is 0 Å². The molecule has 9 heteroatoms. The number of nitro groups is 1. The number of amides is 1. The second-order valence-corrected chi connectivity index (χ2v) is 7.24. The number of carbonyl (C=O) groups excluding carboxylic acids is 1. The number of non-ortho nitro benzene ring substituents is 1. The van der Waals surface area contributed by atoms with Crippen LogP contribution >= 0.6 is 11.3 Å². The normalized spacial score (nSPS) is 12.0. The van der Waals surface area contributed by atoms with Crippen LogP contribution in [0.3, 0.4) is 0 Å². The molecule has 0 atom stereocenters. The molecule has 0 unspecified atom stereocenters. The lowest BCUT2D eigenvalue weighted by molar-refractivity contribution is -0.384. The summed E-state index contributed by atoms with van der Waals surface area (Å²) in [6, 6.07) is 11.8. The average Bonchev–Trinajstić information content (AvgIpc) is 3.07. The number of rotatable bonds is 8. The van der Waals surface area contributed by atoms with Gasteiger partial charge in [0.2, 0.25) is 0 Å². The molecule has 0 N–H and O–H groups in total. The number of hydrogen-bond donors (Lipinski definition) is 0. The number of nitrogens with zero attached hydrogens (tertiary/aromatic N) is 3. The largest absolute Gasteiger partial charge is 0.494 e. The van der Waals surface area contributed by atoms with Crippen molar-refractivity contribution in [2.24, 2.45) is 4.99 Å². The van der Waals surface area contributed by atoms with Gasteiger partial charge in [0.25, 0.3) is 11.6 Å². The van der Waals surface area contributed by atoms with Gasteiger partial charge in [-0.2, -0.15) is 4.99 Å². The van der Waals surface area contributed by atoms with Gasteiger partial charge in [0, 0.05) is 31.9 Å². The summed E-state index contributed by atoms with van der Waals surface area (Å²) in [6.07, 6.45) is 2.81. The number of thiazole rings is 1. The first-order chi connectivity index (χ1) is 14.5. The highest BCUT2D eigenvalue weighted by Crippen LogP contribution is 2.23. The van der Waals surface area contributed by atoms with Gasteiger partial charge in [-0.05, 0) is 36.8 Å². The van der Waals surface area contributed by atoms with E-state index in [2.05, 4.69) is 4.99 Å². The molecule has 0 aliphatic heterocycles. The van der Waals surface area contributed by atoms with E-state index in [0.29, 0.717) is 30.1 Å². The summed E-state index contributed by atoms with van der Waals surface area (Å²) in [5.74, 6) is 0.304. The molecule has 3 rings (SSSR count). The number of fused-ring (bicyclic) bond motifs is 1. The van der Waals surface area contributed by atoms with Crippen molar-refractivity contribution in [3.05, 3.63) is 69.0 Å². The van der Waals surface area contributed by atoms with Crippen LogP contribution in [0.25, 0.3) is 16.3 Å². The van der Waals surface area contributed by atoms with E-state index >= 15 is 0 Å². The van der Waals surface area contributed by atoms with Crippen molar-refractivity contribution in [3.63, 3.8) is 0 Å². The summed E-state index contributed by atoms with van der Waals surface area (Å²) in [4.78, 5) is 27.6. The van der Waals surface area contributed by atoms with Crippen molar-refractivity contribution in [1.29, 1.82) is 0 Å². The smallest absolute Gasteiger partial charge is 0.272 e. The summed E-state index contributed by atoms with van der Waals surface area (Å²) < 4.78 is 13.6. The van der Waals surface area contributed by atoms with Gasteiger partial charge in [0.15, 0.2) is 4.80 Å². The minimum atomic E-state index is -0.476. The van der Waals surface area contributed by atoms with E-state index in [1.807, 2.05) is 29.7 Å². The molecular formula is C21H21N3O5S. The third-order valence-electron chi connectivity index (χ3n) is 4.19. The van der Waals surface area contributed by atoms with Gasteiger partial charge in [0.05, 0.1) is 28.4 Å². The summed E-state index contributed by atoms with van der Waals surface area (Å²) >= 11 is 1.39. The molecule has 1 aromatic heterocycles. The molecule has 0 bridgehead atoms. The zero-order chi connectivity index (χ0) is 21.5. The third kappa shape index (κ3) is 5.19. The summed E-state index contributed by atoms with van der Waals surface area (Å²) in [6.45, 7) is 3.51.